The second-order valence-corrected chi connectivity index (χ2v) is 8.92. The average molecular weight is 472 g/mol. The highest BCUT2D eigenvalue weighted by molar-refractivity contribution is 7.99. The minimum absolute atomic E-state index is 0.0536. The van der Waals surface area contributed by atoms with Crippen LogP contribution in [0.4, 0.5) is 5.82 Å². The maximum absolute atomic E-state index is 13.0. The van der Waals surface area contributed by atoms with Crippen molar-refractivity contribution in [3.8, 4) is 0 Å². The molecule has 3 rings (SSSR count). The number of carbonyl (C=O) groups is 1. The van der Waals surface area contributed by atoms with Gasteiger partial charge in [0, 0.05) is 14.1 Å². The summed E-state index contributed by atoms with van der Waals surface area (Å²) in [6.07, 6.45) is 0.841. The van der Waals surface area contributed by atoms with E-state index in [1.165, 1.54) is 25.9 Å². The highest BCUT2D eigenvalue weighted by Gasteiger charge is 2.24. The molecule has 0 amide bonds. The first-order chi connectivity index (χ1) is 15.7. The number of nitrogen functional groups attached to an aromatic ring is 1. The molecule has 0 bridgehead atoms. The number of anilines is 1. The van der Waals surface area contributed by atoms with E-state index in [2.05, 4.69) is 22.0 Å². The quantitative estimate of drug-likeness (QED) is 0.366. The Morgan fingerprint density at radius 1 is 1.12 bits per heavy atom. The van der Waals surface area contributed by atoms with Gasteiger partial charge >= 0.3 is 5.69 Å². The van der Waals surface area contributed by atoms with Crippen molar-refractivity contribution < 1.29 is 4.79 Å². The molecule has 0 saturated carbocycles. The molecule has 33 heavy (non-hydrogen) atoms. The summed E-state index contributed by atoms with van der Waals surface area (Å²) in [6, 6.07) is 9.99. The van der Waals surface area contributed by atoms with E-state index in [4.69, 9.17) is 5.73 Å². The van der Waals surface area contributed by atoms with Gasteiger partial charge in [0.2, 0.25) is 0 Å². The highest BCUT2D eigenvalue weighted by Crippen LogP contribution is 2.26. The number of Topliss-reactive ketones (excluding diaryl/α,β-unsaturated/α-hetero) is 1. The minimum Gasteiger partial charge on any atom is -0.384 e. The molecule has 3 aromatic rings. The van der Waals surface area contributed by atoms with Crippen molar-refractivity contribution in [1.29, 1.82) is 0 Å². The Morgan fingerprint density at radius 3 is 2.39 bits per heavy atom. The molecular weight excluding hydrogens is 442 g/mol. The first-order valence-corrected chi connectivity index (χ1v) is 11.5. The number of benzene rings is 1. The molecule has 2 aromatic heterocycles. The lowest BCUT2D eigenvalue weighted by Crippen LogP contribution is -2.41. The first kappa shape index (κ1) is 24.5. The molecule has 2 N–H and O–H groups in total. The third-order valence-corrected chi connectivity index (χ3v) is 6.52. The van der Waals surface area contributed by atoms with Crippen molar-refractivity contribution in [2.75, 3.05) is 25.6 Å². The van der Waals surface area contributed by atoms with Gasteiger partial charge in [-0.05, 0) is 26.1 Å². The van der Waals surface area contributed by atoms with Crippen molar-refractivity contribution in [2.24, 2.45) is 14.1 Å². The van der Waals surface area contributed by atoms with Crippen LogP contribution in [0.3, 0.4) is 0 Å². The van der Waals surface area contributed by atoms with Crippen LogP contribution in [0.2, 0.25) is 0 Å². The van der Waals surface area contributed by atoms with Crippen LogP contribution in [-0.2, 0) is 20.6 Å². The summed E-state index contributed by atoms with van der Waals surface area (Å²) in [7, 11) is 6.73. The topological polar surface area (TPSA) is 121 Å². The van der Waals surface area contributed by atoms with Crippen LogP contribution in [0.25, 0.3) is 0 Å². The van der Waals surface area contributed by atoms with E-state index in [1.807, 2.05) is 49.0 Å². The number of ketones is 1. The summed E-state index contributed by atoms with van der Waals surface area (Å²) in [6.45, 7) is 2.63. The largest absolute Gasteiger partial charge is 0.384 e. The van der Waals surface area contributed by atoms with Gasteiger partial charge in [-0.25, -0.2) is 4.79 Å². The third-order valence-electron chi connectivity index (χ3n) is 5.56. The molecule has 1 atom stereocenters. The van der Waals surface area contributed by atoms with Crippen LogP contribution in [-0.4, -0.2) is 54.4 Å². The molecule has 0 fully saturated rings. The molecule has 11 heteroatoms. The molecule has 0 unspecified atom stereocenters. The van der Waals surface area contributed by atoms with Gasteiger partial charge in [0.25, 0.3) is 5.56 Å². The van der Waals surface area contributed by atoms with E-state index in [9.17, 15) is 14.4 Å². The van der Waals surface area contributed by atoms with E-state index in [0.717, 1.165) is 26.9 Å². The van der Waals surface area contributed by atoms with Crippen molar-refractivity contribution >= 4 is 23.4 Å². The fourth-order valence-electron chi connectivity index (χ4n) is 3.67. The van der Waals surface area contributed by atoms with Gasteiger partial charge in [0.15, 0.2) is 16.8 Å². The number of carbonyl (C=O) groups excluding carboxylic acids is 1. The number of thioether (sulfide) groups is 1. The molecule has 1 aromatic carbocycles. The standard InChI is InChI=1S/C22H29N7O3S/c1-6-15(26(2)3)19-24-25-21(29(19)12-14-10-8-7-9-11-14)33-13-16(30)17-18(23)27(4)22(32)28(5)20(17)31/h7-11,15H,6,12-13,23H2,1-5H3/t15-/m0/s1. The van der Waals surface area contributed by atoms with E-state index in [-0.39, 0.29) is 23.2 Å². The molecule has 0 aliphatic carbocycles. The molecule has 10 nitrogen and oxygen atoms in total. The summed E-state index contributed by atoms with van der Waals surface area (Å²) in [4.78, 5) is 39.6. The van der Waals surface area contributed by atoms with Crippen LogP contribution in [0, 0.1) is 0 Å². The number of rotatable bonds is 9. The highest BCUT2D eigenvalue weighted by atomic mass is 32.2. The lowest BCUT2D eigenvalue weighted by molar-refractivity contribution is 0.102. The Kier molecular flexibility index (Phi) is 7.54. The maximum atomic E-state index is 13.0. The Morgan fingerprint density at radius 2 is 1.79 bits per heavy atom. The monoisotopic (exact) mass is 471 g/mol. The van der Waals surface area contributed by atoms with Gasteiger partial charge in [0.05, 0.1) is 18.3 Å². The van der Waals surface area contributed by atoms with Gasteiger partial charge in [-0.15, -0.1) is 10.2 Å². The van der Waals surface area contributed by atoms with Gasteiger partial charge in [0.1, 0.15) is 11.4 Å². The number of nitrogens with zero attached hydrogens (tertiary/aromatic N) is 6. The minimum atomic E-state index is -0.703. The first-order valence-electron chi connectivity index (χ1n) is 10.5. The van der Waals surface area contributed by atoms with Crippen LogP contribution in [0.1, 0.15) is 41.1 Å². The predicted molar refractivity (Wildman–Crippen MR) is 129 cm³/mol. The van der Waals surface area contributed by atoms with Gasteiger partial charge < -0.3 is 10.3 Å². The molecule has 0 radical (unpaired) electrons. The molecule has 176 valence electrons. The van der Waals surface area contributed by atoms with Crippen LogP contribution >= 0.6 is 11.8 Å². The van der Waals surface area contributed by atoms with Crippen molar-refractivity contribution in [1.82, 2.24) is 28.8 Å². The number of nitrogens with two attached hydrogens (primary N) is 1. The number of aromatic nitrogens is 5. The van der Waals surface area contributed by atoms with Crippen LogP contribution in [0.15, 0.2) is 45.1 Å². The SMILES string of the molecule is CC[C@@H](c1nnc(SCC(=O)c2c(N)n(C)c(=O)n(C)c2=O)n1Cc1ccccc1)N(C)C. The lowest BCUT2D eigenvalue weighted by atomic mass is 10.2. The van der Waals surface area contributed by atoms with E-state index in [1.54, 1.807) is 0 Å². The average Bonchev–Trinajstić information content (AvgIpc) is 3.18. The maximum Gasteiger partial charge on any atom is 0.332 e. The van der Waals surface area contributed by atoms with E-state index < -0.39 is 17.0 Å². The Balaban J connectivity index is 1.94. The lowest BCUT2D eigenvalue weighted by Gasteiger charge is -2.23. The Labute approximate surface area is 196 Å². The second-order valence-electron chi connectivity index (χ2n) is 7.98. The molecule has 0 saturated heterocycles. The zero-order chi connectivity index (χ0) is 24.3. The predicted octanol–water partition coefficient (Wildman–Crippen LogP) is 1.29. The summed E-state index contributed by atoms with van der Waals surface area (Å²) >= 11 is 1.19. The smallest absolute Gasteiger partial charge is 0.332 e. The molecule has 0 aliphatic heterocycles. The summed E-state index contributed by atoms with van der Waals surface area (Å²) in [5.41, 5.74) is 5.54. The number of hydrogen-bond donors (Lipinski definition) is 1. The van der Waals surface area contributed by atoms with Gasteiger partial charge in [-0.3, -0.25) is 23.6 Å². The van der Waals surface area contributed by atoms with Crippen LogP contribution in [0.5, 0.6) is 0 Å². The normalized spacial score (nSPS) is 12.3. The zero-order valence-corrected chi connectivity index (χ0v) is 20.3. The van der Waals surface area contributed by atoms with Gasteiger partial charge in [-0.2, -0.15) is 0 Å². The summed E-state index contributed by atoms with van der Waals surface area (Å²) < 4.78 is 3.98. The van der Waals surface area contributed by atoms with Crippen LogP contribution < -0.4 is 17.0 Å². The second kappa shape index (κ2) is 10.2. The molecule has 0 spiro atoms. The zero-order valence-electron chi connectivity index (χ0n) is 19.5. The molecule has 0 aliphatic rings. The van der Waals surface area contributed by atoms with Crippen molar-refractivity contribution in [3.63, 3.8) is 0 Å². The molecule has 2 heterocycles. The fourth-order valence-corrected chi connectivity index (χ4v) is 4.49. The van der Waals surface area contributed by atoms with Crippen molar-refractivity contribution in [3.05, 3.63) is 68.1 Å². The van der Waals surface area contributed by atoms with E-state index in [0.29, 0.717) is 11.7 Å². The Hall–Kier alpha value is -3.18. The fraction of sp³-hybridized carbons (Fsp3) is 0.409. The summed E-state index contributed by atoms with van der Waals surface area (Å²) in [5.74, 6) is 0.130. The van der Waals surface area contributed by atoms with E-state index >= 15 is 0 Å². The Bertz CT molecular complexity index is 1260. The van der Waals surface area contributed by atoms with Crippen molar-refractivity contribution in [2.45, 2.75) is 31.1 Å². The molecular formula is C22H29N7O3S. The third kappa shape index (κ3) is 4.93. The number of hydrogen-bond acceptors (Lipinski definition) is 8. The van der Waals surface area contributed by atoms with Gasteiger partial charge in [-0.1, -0.05) is 49.0 Å². The summed E-state index contributed by atoms with van der Waals surface area (Å²) in [5, 5.41) is 9.36.